The van der Waals surface area contributed by atoms with Crippen LogP contribution in [0.3, 0.4) is 0 Å². The van der Waals surface area contributed by atoms with Crippen LogP contribution in [-0.4, -0.2) is 42.3 Å². The Hall–Kier alpha value is -2.54. The van der Waals surface area contributed by atoms with E-state index in [-0.39, 0.29) is 11.9 Å². The Morgan fingerprint density at radius 3 is 2.92 bits per heavy atom. The highest BCUT2D eigenvalue weighted by Crippen LogP contribution is 2.37. The van der Waals surface area contributed by atoms with Gasteiger partial charge in [0.1, 0.15) is 13.2 Å². The number of anilines is 1. The van der Waals surface area contributed by atoms with Gasteiger partial charge in [-0.3, -0.25) is 15.0 Å². The molecule has 2 aromatic rings. The maximum Gasteiger partial charge on any atom is 0.240 e. The van der Waals surface area contributed by atoms with E-state index in [2.05, 4.69) is 21.4 Å². The summed E-state index contributed by atoms with van der Waals surface area (Å²) in [7, 11) is 0. The van der Waals surface area contributed by atoms with Crippen LogP contribution >= 0.6 is 0 Å². The SMILES string of the molecule is Cc1cc(NC(=O)CN2CCC[C@H]2c2ccc3c(c2)OCCO3)on1. The molecule has 7 heteroatoms. The number of likely N-dealkylation sites (tertiary alicyclic amines) is 1. The van der Waals surface area contributed by atoms with Crippen LogP contribution in [0.5, 0.6) is 11.5 Å². The second kappa shape index (κ2) is 6.76. The van der Waals surface area contributed by atoms with E-state index in [9.17, 15) is 4.79 Å². The minimum atomic E-state index is -0.0967. The standard InChI is InChI=1S/C18H21N3O4/c1-12-9-18(25-20-12)19-17(22)11-21-6-2-3-14(21)13-4-5-15-16(10-13)24-8-7-23-15/h4-5,9-10,14H,2-3,6-8,11H2,1H3,(H,19,22)/t14-/m0/s1. The first-order valence-corrected chi connectivity index (χ1v) is 8.56. The van der Waals surface area contributed by atoms with E-state index < -0.39 is 0 Å². The van der Waals surface area contributed by atoms with E-state index in [0.29, 0.717) is 25.6 Å². The number of benzene rings is 1. The van der Waals surface area contributed by atoms with E-state index in [1.165, 1.54) is 0 Å². The molecule has 0 spiro atoms. The van der Waals surface area contributed by atoms with E-state index in [1.807, 2.05) is 19.1 Å². The lowest BCUT2D eigenvalue weighted by molar-refractivity contribution is -0.117. The highest BCUT2D eigenvalue weighted by molar-refractivity contribution is 5.91. The van der Waals surface area contributed by atoms with Crippen LogP contribution in [0.15, 0.2) is 28.8 Å². The number of nitrogens with one attached hydrogen (secondary N) is 1. The average molecular weight is 343 g/mol. The second-order valence-corrected chi connectivity index (χ2v) is 6.41. The van der Waals surface area contributed by atoms with Crippen molar-refractivity contribution in [2.24, 2.45) is 0 Å². The Bertz CT molecular complexity index is 773. The van der Waals surface area contributed by atoms with Gasteiger partial charge in [0, 0.05) is 12.1 Å². The third-order valence-electron chi connectivity index (χ3n) is 4.55. The quantitative estimate of drug-likeness (QED) is 0.919. The predicted octanol–water partition coefficient (Wildman–Crippen LogP) is 2.53. The van der Waals surface area contributed by atoms with Crippen molar-refractivity contribution in [3.63, 3.8) is 0 Å². The lowest BCUT2D eigenvalue weighted by Crippen LogP contribution is -2.32. The molecular formula is C18H21N3O4. The highest BCUT2D eigenvalue weighted by Gasteiger charge is 2.29. The fourth-order valence-electron chi connectivity index (χ4n) is 3.44. The van der Waals surface area contributed by atoms with Gasteiger partial charge >= 0.3 is 0 Å². The predicted molar refractivity (Wildman–Crippen MR) is 90.8 cm³/mol. The summed E-state index contributed by atoms with van der Waals surface area (Å²) in [5.74, 6) is 1.87. The molecular weight excluding hydrogens is 322 g/mol. The molecule has 0 aliphatic carbocycles. The largest absolute Gasteiger partial charge is 0.486 e. The van der Waals surface area contributed by atoms with Crippen molar-refractivity contribution in [2.45, 2.75) is 25.8 Å². The summed E-state index contributed by atoms with van der Waals surface area (Å²) < 4.78 is 16.3. The van der Waals surface area contributed by atoms with Crippen molar-refractivity contribution < 1.29 is 18.8 Å². The Balaban J connectivity index is 1.44. The summed E-state index contributed by atoms with van der Waals surface area (Å²) in [5.41, 5.74) is 1.90. The third-order valence-corrected chi connectivity index (χ3v) is 4.55. The van der Waals surface area contributed by atoms with Gasteiger partial charge in [0.2, 0.25) is 11.8 Å². The van der Waals surface area contributed by atoms with Gasteiger partial charge in [-0.25, -0.2) is 0 Å². The van der Waals surface area contributed by atoms with Gasteiger partial charge in [-0.1, -0.05) is 11.2 Å². The van der Waals surface area contributed by atoms with E-state index in [1.54, 1.807) is 6.07 Å². The number of carbonyl (C=O) groups excluding carboxylic acids is 1. The first kappa shape index (κ1) is 16.0. The number of aryl methyl sites for hydroxylation is 1. The molecule has 0 bridgehead atoms. The number of aromatic nitrogens is 1. The van der Waals surface area contributed by atoms with Gasteiger partial charge in [-0.2, -0.15) is 0 Å². The summed E-state index contributed by atoms with van der Waals surface area (Å²) in [5, 5.41) is 6.53. The molecule has 132 valence electrons. The molecule has 0 radical (unpaired) electrons. The summed E-state index contributed by atoms with van der Waals surface area (Å²) >= 11 is 0. The van der Waals surface area contributed by atoms with Crippen LogP contribution < -0.4 is 14.8 Å². The maximum absolute atomic E-state index is 12.3. The normalized spacial score (nSPS) is 19.8. The fourth-order valence-corrected chi connectivity index (χ4v) is 3.44. The topological polar surface area (TPSA) is 76.8 Å². The van der Waals surface area contributed by atoms with Crippen molar-refractivity contribution in [2.75, 3.05) is 31.6 Å². The number of ether oxygens (including phenoxy) is 2. The van der Waals surface area contributed by atoms with Crippen molar-refractivity contribution in [3.05, 3.63) is 35.5 Å². The Labute approximate surface area is 145 Å². The van der Waals surface area contributed by atoms with Crippen LogP contribution in [0.4, 0.5) is 5.88 Å². The number of nitrogens with zero attached hydrogens (tertiary/aromatic N) is 2. The Morgan fingerprint density at radius 2 is 2.12 bits per heavy atom. The zero-order valence-corrected chi connectivity index (χ0v) is 14.2. The van der Waals surface area contributed by atoms with Crippen molar-refractivity contribution in [1.82, 2.24) is 10.1 Å². The van der Waals surface area contributed by atoms with Gasteiger partial charge in [-0.05, 0) is 44.0 Å². The fraction of sp³-hybridized carbons (Fsp3) is 0.444. The van der Waals surface area contributed by atoms with Crippen LogP contribution in [0.25, 0.3) is 0 Å². The number of amides is 1. The van der Waals surface area contributed by atoms with Gasteiger partial charge < -0.3 is 14.0 Å². The van der Waals surface area contributed by atoms with Gasteiger partial charge in [0.05, 0.1) is 12.2 Å². The molecule has 1 amide bonds. The molecule has 0 saturated carbocycles. The first-order valence-electron chi connectivity index (χ1n) is 8.56. The minimum absolute atomic E-state index is 0.0967. The molecule has 1 aromatic heterocycles. The van der Waals surface area contributed by atoms with E-state index in [4.69, 9.17) is 14.0 Å². The van der Waals surface area contributed by atoms with E-state index in [0.717, 1.165) is 42.1 Å². The molecule has 1 fully saturated rings. The number of fused-ring (bicyclic) bond motifs is 1. The molecule has 1 atom stereocenters. The van der Waals surface area contributed by atoms with Crippen molar-refractivity contribution in [3.8, 4) is 11.5 Å². The summed E-state index contributed by atoms with van der Waals surface area (Å²) in [6.45, 7) is 4.19. The van der Waals surface area contributed by atoms with Gasteiger partial charge in [0.15, 0.2) is 11.5 Å². The molecule has 0 unspecified atom stereocenters. The van der Waals surface area contributed by atoms with E-state index >= 15 is 0 Å². The molecule has 1 aromatic carbocycles. The van der Waals surface area contributed by atoms with Crippen molar-refractivity contribution in [1.29, 1.82) is 0 Å². The molecule has 4 rings (SSSR count). The third kappa shape index (κ3) is 3.46. The minimum Gasteiger partial charge on any atom is -0.486 e. The summed E-state index contributed by atoms with van der Waals surface area (Å²) in [6, 6.07) is 7.97. The zero-order valence-electron chi connectivity index (χ0n) is 14.2. The molecule has 1 saturated heterocycles. The average Bonchev–Trinajstić information content (AvgIpc) is 3.23. The molecule has 7 nitrogen and oxygen atoms in total. The number of hydrogen-bond acceptors (Lipinski definition) is 6. The Kier molecular flexibility index (Phi) is 4.31. The van der Waals surface area contributed by atoms with Crippen LogP contribution in [-0.2, 0) is 4.79 Å². The summed E-state index contributed by atoms with van der Waals surface area (Å²) in [4.78, 5) is 14.5. The molecule has 2 aliphatic rings. The highest BCUT2D eigenvalue weighted by atomic mass is 16.6. The molecule has 3 heterocycles. The van der Waals surface area contributed by atoms with Gasteiger partial charge in [-0.15, -0.1) is 0 Å². The number of hydrogen-bond donors (Lipinski definition) is 1. The zero-order chi connectivity index (χ0) is 17.2. The first-order chi connectivity index (χ1) is 12.2. The molecule has 2 aliphatic heterocycles. The smallest absolute Gasteiger partial charge is 0.240 e. The number of rotatable bonds is 4. The molecule has 25 heavy (non-hydrogen) atoms. The van der Waals surface area contributed by atoms with Crippen LogP contribution in [0.2, 0.25) is 0 Å². The van der Waals surface area contributed by atoms with Crippen molar-refractivity contribution >= 4 is 11.8 Å². The van der Waals surface area contributed by atoms with Crippen LogP contribution in [0.1, 0.15) is 30.1 Å². The molecule has 1 N–H and O–H groups in total. The second-order valence-electron chi connectivity index (χ2n) is 6.41. The van der Waals surface area contributed by atoms with Gasteiger partial charge in [0.25, 0.3) is 0 Å². The van der Waals surface area contributed by atoms with Crippen LogP contribution in [0, 0.1) is 6.92 Å². The Morgan fingerprint density at radius 1 is 1.28 bits per heavy atom. The lowest BCUT2D eigenvalue weighted by atomic mass is 10.0. The lowest BCUT2D eigenvalue weighted by Gasteiger charge is -2.26. The number of carbonyl (C=O) groups is 1. The monoisotopic (exact) mass is 343 g/mol. The maximum atomic E-state index is 12.3. The summed E-state index contributed by atoms with van der Waals surface area (Å²) in [6.07, 6.45) is 2.09.